The van der Waals surface area contributed by atoms with Crippen molar-refractivity contribution in [2.45, 2.75) is 19.1 Å². The molecule has 1 aromatic heterocycles. The lowest BCUT2D eigenvalue weighted by Crippen LogP contribution is -2.43. The van der Waals surface area contributed by atoms with Gasteiger partial charge in [-0.1, -0.05) is 6.07 Å². The van der Waals surface area contributed by atoms with Gasteiger partial charge in [-0.2, -0.15) is 5.10 Å². The average molecular weight is 349 g/mol. The van der Waals surface area contributed by atoms with Crippen molar-refractivity contribution >= 4 is 11.7 Å². The molecule has 2 rings (SSSR count). The monoisotopic (exact) mass is 349 g/mol. The number of anilines is 1. The molecule has 0 fully saturated rings. The highest BCUT2D eigenvalue weighted by atomic mass is 19.1. The van der Waals surface area contributed by atoms with E-state index in [4.69, 9.17) is 0 Å². The minimum absolute atomic E-state index is 0.0262. The molecule has 2 amide bonds. The molecule has 136 valence electrons. The lowest BCUT2D eigenvalue weighted by Gasteiger charge is -2.22. The summed E-state index contributed by atoms with van der Waals surface area (Å²) in [4.78, 5) is 13.6. The van der Waals surface area contributed by atoms with Crippen molar-refractivity contribution < 1.29 is 14.3 Å². The van der Waals surface area contributed by atoms with Gasteiger partial charge in [-0.3, -0.25) is 4.68 Å². The van der Waals surface area contributed by atoms with E-state index in [1.807, 2.05) is 0 Å². The van der Waals surface area contributed by atoms with E-state index in [9.17, 15) is 14.3 Å². The van der Waals surface area contributed by atoms with Crippen molar-refractivity contribution in [1.82, 2.24) is 20.4 Å². The summed E-state index contributed by atoms with van der Waals surface area (Å²) in [6, 6.07) is 4.37. The number of aryl methyl sites for hydroxylation is 1. The van der Waals surface area contributed by atoms with Crippen LogP contribution in [0.25, 0.3) is 0 Å². The van der Waals surface area contributed by atoms with Crippen LogP contribution < -0.4 is 15.5 Å². The second kappa shape index (κ2) is 7.52. The Balaban J connectivity index is 1.85. The largest absolute Gasteiger partial charge is 0.383 e. The van der Waals surface area contributed by atoms with Crippen molar-refractivity contribution in [3.05, 3.63) is 47.5 Å². The number of halogens is 1. The van der Waals surface area contributed by atoms with Gasteiger partial charge in [0.05, 0.1) is 18.4 Å². The zero-order valence-electron chi connectivity index (χ0n) is 14.9. The van der Waals surface area contributed by atoms with Crippen LogP contribution in [-0.4, -0.2) is 41.6 Å². The lowest BCUT2D eigenvalue weighted by molar-refractivity contribution is 0.0593. The highest BCUT2D eigenvalue weighted by Gasteiger charge is 2.25. The molecule has 2 aromatic rings. The van der Waals surface area contributed by atoms with E-state index in [-0.39, 0.29) is 18.9 Å². The van der Waals surface area contributed by atoms with E-state index in [0.29, 0.717) is 16.8 Å². The van der Waals surface area contributed by atoms with Crippen LogP contribution in [0.3, 0.4) is 0 Å². The topological polar surface area (TPSA) is 82.4 Å². The van der Waals surface area contributed by atoms with Crippen LogP contribution in [0, 0.1) is 5.82 Å². The molecule has 7 nitrogen and oxygen atoms in total. The van der Waals surface area contributed by atoms with Gasteiger partial charge in [-0.05, 0) is 24.6 Å². The Bertz CT molecular complexity index is 742. The van der Waals surface area contributed by atoms with Gasteiger partial charge < -0.3 is 20.6 Å². The van der Waals surface area contributed by atoms with Gasteiger partial charge in [-0.15, -0.1) is 0 Å². The number of nitrogens with one attached hydrogen (secondary N) is 2. The quantitative estimate of drug-likeness (QED) is 0.735. The number of urea groups is 1. The molecule has 0 bridgehead atoms. The molecule has 0 aliphatic carbocycles. The normalized spacial score (nSPS) is 13.2. The van der Waals surface area contributed by atoms with Crippen LogP contribution >= 0.6 is 0 Å². The van der Waals surface area contributed by atoms with Crippen molar-refractivity contribution in [3.63, 3.8) is 0 Å². The first-order valence-corrected chi connectivity index (χ1v) is 7.88. The first-order valence-electron chi connectivity index (χ1n) is 7.88. The van der Waals surface area contributed by atoms with E-state index in [2.05, 4.69) is 15.7 Å². The summed E-state index contributed by atoms with van der Waals surface area (Å²) in [6.45, 7) is 1.81. The SMILES string of the molecule is CN(C)c1ccc(CNC(=O)NCC(C)(O)c2cnn(C)c2)cc1F. The molecule has 0 radical (unpaired) electrons. The Kier molecular flexibility index (Phi) is 5.63. The Morgan fingerprint density at radius 3 is 2.68 bits per heavy atom. The third-order valence-electron chi connectivity index (χ3n) is 3.87. The Morgan fingerprint density at radius 2 is 2.12 bits per heavy atom. The summed E-state index contributed by atoms with van der Waals surface area (Å²) in [5, 5.41) is 19.7. The van der Waals surface area contributed by atoms with Crippen LogP contribution in [0.5, 0.6) is 0 Å². The molecule has 1 aromatic carbocycles. The van der Waals surface area contributed by atoms with Gasteiger partial charge >= 0.3 is 6.03 Å². The molecular formula is C17H24FN5O2. The maximum absolute atomic E-state index is 13.9. The molecule has 0 spiro atoms. The molecule has 1 heterocycles. The predicted octanol–water partition coefficient (Wildman–Crippen LogP) is 1.33. The summed E-state index contributed by atoms with van der Waals surface area (Å²) in [7, 11) is 5.27. The number of hydrogen-bond acceptors (Lipinski definition) is 4. The third kappa shape index (κ3) is 4.93. The molecule has 8 heteroatoms. The molecule has 25 heavy (non-hydrogen) atoms. The Hall–Kier alpha value is -2.61. The van der Waals surface area contributed by atoms with Crippen LogP contribution in [0.2, 0.25) is 0 Å². The van der Waals surface area contributed by atoms with E-state index < -0.39 is 11.6 Å². The summed E-state index contributed by atoms with van der Waals surface area (Å²) < 4.78 is 15.5. The maximum atomic E-state index is 13.9. The first kappa shape index (κ1) is 18.7. The number of amides is 2. The van der Waals surface area contributed by atoms with Crippen LogP contribution in [0.1, 0.15) is 18.1 Å². The van der Waals surface area contributed by atoms with Crippen molar-refractivity contribution in [2.24, 2.45) is 7.05 Å². The number of nitrogens with zero attached hydrogens (tertiary/aromatic N) is 3. The zero-order chi connectivity index (χ0) is 18.6. The molecule has 1 atom stereocenters. The number of aromatic nitrogens is 2. The summed E-state index contributed by atoms with van der Waals surface area (Å²) in [5.74, 6) is -0.343. The highest BCUT2D eigenvalue weighted by molar-refractivity contribution is 5.74. The molecule has 1 unspecified atom stereocenters. The molecule has 0 aliphatic heterocycles. The van der Waals surface area contributed by atoms with Crippen LogP contribution in [0.4, 0.5) is 14.9 Å². The first-order chi connectivity index (χ1) is 11.7. The maximum Gasteiger partial charge on any atom is 0.315 e. The summed E-state index contributed by atoms with van der Waals surface area (Å²) in [5.41, 5.74) is 0.514. The second-order valence-corrected chi connectivity index (χ2v) is 6.39. The van der Waals surface area contributed by atoms with Gasteiger partial charge in [0.25, 0.3) is 0 Å². The number of aliphatic hydroxyl groups is 1. The molecule has 0 saturated heterocycles. The average Bonchev–Trinajstić information content (AvgIpc) is 2.98. The number of hydrogen-bond donors (Lipinski definition) is 3. The lowest BCUT2D eigenvalue weighted by atomic mass is 10.00. The number of rotatable bonds is 6. The molecule has 0 saturated carbocycles. The Morgan fingerprint density at radius 1 is 1.40 bits per heavy atom. The number of carbonyl (C=O) groups is 1. The predicted molar refractivity (Wildman–Crippen MR) is 93.7 cm³/mol. The fourth-order valence-electron chi connectivity index (χ4n) is 2.32. The minimum Gasteiger partial charge on any atom is -0.383 e. The molecule has 0 aliphatic rings. The summed E-state index contributed by atoms with van der Waals surface area (Å²) >= 11 is 0. The standard InChI is InChI=1S/C17H24FN5O2/c1-17(25,13-9-21-23(4)10-13)11-20-16(24)19-8-12-5-6-15(22(2)3)14(18)7-12/h5-7,9-10,25H,8,11H2,1-4H3,(H2,19,20,24). The van der Waals surface area contributed by atoms with Crippen molar-refractivity contribution in [3.8, 4) is 0 Å². The fourth-order valence-corrected chi connectivity index (χ4v) is 2.32. The van der Waals surface area contributed by atoms with E-state index in [0.717, 1.165) is 0 Å². The fraction of sp³-hybridized carbons (Fsp3) is 0.412. The van der Waals surface area contributed by atoms with E-state index >= 15 is 0 Å². The zero-order valence-corrected chi connectivity index (χ0v) is 14.9. The smallest absolute Gasteiger partial charge is 0.315 e. The van der Waals surface area contributed by atoms with Gasteiger partial charge in [0, 0.05) is 39.4 Å². The van der Waals surface area contributed by atoms with E-state index in [1.54, 1.807) is 62.2 Å². The van der Waals surface area contributed by atoms with Gasteiger partial charge in [-0.25, -0.2) is 9.18 Å². The minimum atomic E-state index is -1.23. The third-order valence-corrected chi connectivity index (χ3v) is 3.87. The number of benzene rings is 1. The van der Waals surface area contributed by atoms with E-state index in [1.165, 1.54) is 6.07 Å². The van der Waals surface area contributed by atoms with Gasteiger partial charge in [0.15, 0.2) is 0 Å². The van der Waals surface area contributed by atoms with Crippen LogP contribution in [0.15, 0.2) is 30.6 Å². The van der Waals surface area contributed by atoms with Crippen molar-refractivity contribution in [2.75, 3.05) is 25.5 Å². The second-order valence-electron chi connectivity index (χ2n) is 6.39. The van der Waals surface area contributed by atoms with Crippen molar-refractivity contribution in [1.29, 1.82) is 0 Å². The molecule has 3 N–H and O–H groups in total. The summed E-state index contributed by atoms with van der Waals surface area (Å²) in [6.07, 6.45) is 3.24. The highest BCUT2D eigenvalue weighted by Crippen LogP contribution is 2.19. The van der Waals surface area contributed by atoms with Gasteiger partial charge in [0.2, 0.25) is 0 Å². The number of carbonyl (C=O) groups excluding carboxylic acids is 1. The van der Waals surface area contributed by atoms with Crippen LogP contribution in [-0.2, 0) is 19.2 Å². The van der Waals surface area contributed by atoms with Gasteiger partial charge in [0.1, 0.15) is 11.4 Å². The Labute approximate surface area is 146 Å². The molecular weight excluding hydrogens is 325 g/mol.